The number of urea groups is 1. The second kappa shape index (κ2) is 8.83. The lowest BCUT2D eigenvalue weighted by Gasteiger charge is -2.19. The molecule has 0 aliphatic rings. The first-order valence-electron chi connectivity index (χ1n) is 7.64. The molecular weight excluding hydrogens is 296 g/mol. The predicted octanol–water partition coefficient (Wildman–Crippen LogP) is 3.70. The lowest BCUT2D eigenvalue weighted by atomic mass is 9.87. The smallest absolute Gasteiger partial charge is 0.321 e. The highest BCUT2D eigenvalue weighted by Gasteiger charge is 2.13. The van der Waals surface area contributed by atoms with Crippen LogP contribution in [0, 0.1) is 0 Å². The molecule has 0 unspecified atom stereocenters. The van der Waals surface area contributed by atoms with Crippen LogP contribution >= 0.6 is 11.8 Å². The fourth-order valence-corrected chi connectivity index (χ4v) is 2.48. The first kappa shape index (κ1) is 18.6. The van der Waals surface area contributed by atoms with Crippen molar-refractivity contribution in [3.63, 3.8) is 0 Å². The van der Waals surface area contributed by atoms with E-state index in [-0.39, 0.29) is 17.1 Å². The van der Waals surface area contributed by atoms with Crippen LogP contribution in [0.1, 0.15) is 46.1 Å². The van der Waals surface area contributed by atoms with Gasteiger partial charge in [0.1, 0.15) is 0 Å². The van der Waals surface area contributed by atoms with Gasteiger partial charge in [0.25, 0.3) is 0 Å². The highest BCUT2D eigenvalue weighted by atomic mass is 32.2. The third kappa shape index (κ3) is 6.98. The van der Waals surface area contributed by atoms with Crippen LogP contribution in [0.15, 0.2) is 29.2 Å². The van der Waals surface area contributed by atoms with Crippen molar-refractivity contribution < 1.29 is 9.59 Å². The summed E-state index contributed by atoms with van der Waals surface area (Å²) in [5, 5.41) is 4.99. The molecular formula is C17H26N2O2S. The van der Waals surface area contributed by atoms with Crippen LogP contribution in [0.4, 0.5) is 4.79 Å². The average molecular weight is 322 g/mol. The number of hydrogen-bond acceptors (Lipinski definition) is 3. The summed E-state index contributed by atoms with van der Waals surface area (Å²) in [5.41, 5.74) is 1.38. The maximum Gasteiger partial charge on any atom is 0.321 e. The van der Waals surface area contributed by atoms with Gasteiger partial charge in [-0.25, -0.2) is 4.79 Å². The van der Waals surface area contributed by atoms with Crippen molar-refractivity contribution >= 4 is 23.7 Å². The van der Waals surface area contributed by atoms with Gasteiger partial charge in [0.15, 0.2) is 0 Å². The molecule has 4 nitrogen and oxygen atoms in total. The number of benzene rings is 1. The minimum atomic E-state index is -0.415. The number of amides is 3. The Kier molecular flexibility index (Phi) is 7.45. The van der Waals surface area contributed by atoms with Gasteiger partial charge < -0.3 is 5.32 Å². The third-order valence-corrected chi connectivity index (χ3v) is 4.17. The van der Waals surface area contributed by atoms with Crippen LogP contribution in [0.25, 0.3) is 0 Å². The summed E-state index contributed by atoms with van der Waals surface area (Å²) in [7, 11) is 0. The Bertz CT molecular complexity index is 492. The normalized spacial score (nSPS) is 11.1. The van der Waals surface area contributed by atoms with Crippen LogP contribution < -0.4 is 10.6 Å². The lowest BCUT2D eigenvalue weighted by Crippen LogP contribution is -2.40. The molecule has 0 fully saturated rings. The predicted molar refractivity (Wildman–Crippen MR) is 92.3 cm³/mol. The number of thioether (sulfide) groups is 1. The maximum atomic E-state index is 11.7. The zero-order valence-electron chi connectivity index (χ0n) is 13.9. The van der Waals surface area contributed by atoms with E-state index < -0.39 is 6.03 Å². The summed E-state index contributed by atoms with van der Waals surface area (Å²) in [4.78, 5) is 24.2. The number of rotatable bonds is 6. The van der Waals surface area contributed by atoms with E-state index in [1.807, 2.05) is 19.1 Å². The lowest BCUT2D eigenvalue weighted by molar-refractivity contribution is -0.117. The topological polar surface area (TPSA) is 58.2 Å². The minimum Gasteiger partial charge on any atom is -0.338 e. The highest BCUT2D eigenvalue weighted by molar-refractivity contribution is 8.00. The quantitative estimate of drug-likeness (QED) is 0.620. The molecule has 1 aromatic carbocycles. The monoisotopic (exact) mass is 322 g/mol. The molecule has 1 rings (SSSR count). The van der Waals surface area contributed by atoms with E-state index in [1.54, 1.807) is 0 Å². The van der Waals surface area contributed by atoms with Crippen molar-refractivity contribution in [1.29, 1.82) is 0 Å². The number of carbonyl (C=O) groups is 2. The first-order chi connectivity index (χ1) is 10.3. The molecule has 22 heavy (non-hydrogen) atoms. The summed E-state index contributed by atoms with van der Waals surface area (Å²) in [6.45, 7) is 9.14. The zero-order chi connectivity index (χ0) is 16.6. The van der Waals surface area contributed by atoms with Gasteiger partial charge in [0.2, 0.25) is 5.91 Å². The number of nitrogens with one attached hydrogen (secondary N) is 2. The molecule has 0 aliphatic heterocycles. The van der Waals surface area contributed by atoms with Crippen LogP contribution in [0.5, 0.6) is 0 Å². The van der Waals surface area contributed by atoms with Crippen molar-refractivity contribution in [2.75, 3.05) is 12.3 Å². The maximum absolute atomic E-state index is 11.7. The Morgan fingerprint density at radius 2 is 1.77 bits per heavy atom. The second-order valence-corrected chi connectivity index (χ2v) is 7.27. The zero-order valence-corrected chi connectivity index (χ0v) is 14.7. The van der Waals surface area contributed by atoms with Crippen molar-refractivity contribution in [2.45, 2.75) is 50.8 Å². The van der Waals surface area contributed by atoms with Gasteiger partial charge >= 0.3 is 6.03 Å². The Balaban J connectivity index is 2.36. The van der Waals surface area contributed by atoms with Crippen LogP contribution in [0.3, 0.4) is 0 Å². The van der Waals surface area contributed by atoms with Gasteiger partial charge in [-0.05, 0) is 29.5 Å². The fraction of sp³-hybridized carbons (Fsp3) is 0.529. The number of imide groups is 1. The average Bonchev–Trinajstić information content (AvgIpc) is 2.45. The first-order valence-corrected chi connectivity index (χ1v) is 8.62. The molecule has 0 bridgehead atoms. The molecule has 0 radical (unpaired) electrons. The minimum absolute atomic E-state index is 0.122. The molecule has 2 N–H and O–H groups in total. The molecule has 0 heterocycles. The molecule has 0 saturated heterocycles. The van der Waals surface area contributed by atoms with E-state index in [0.717, 1.165) is 17.7 Å². The highest BCUT2D eigenvalue weighted by Crippen LogP contribution is 2.25. The SMILES string of the molecule is CCCCNC(=O)NC(=O)CSc1ccc(C(C)(C)C)cc1. The van der Waals surface area contributed by atoms with Gasteiger partial charge in [0, 0.05) is 11.4 Å². The number of unbranched alkanes of at least 4 members (excludes halogenated alkanes) is 1. The van der Waals surface area contributed by atoms with E-state index >= 15 is 0 Å². The summed E-state index contributed by atoms with van der Waals surface area (Å²) in [5.74, 6) is -0.0466. The summed E-state index contributed by atoms with van der Waals surface area (Å²) in [6.07, 6.45) is 1.92. The molecule has 0 saturated carbocycles. The standard InChI is InChI=1S/C17H26N2O2S/c1-5-6-11-18-16(21)19-15(20)12-22-14-9-7-13(8-10-14)17(2,3)4/h7-10H,5-6,11-12H2,1-4H3,(H2,18,19,20,21). The molecule has 1 aromatic rings. The van der Waals surface area contributed by atoms with Gasteiger partial charge in [-0.15, -0.1) is 11.8 Å². The van der Waals surface area contributed by atoms with E-state index in [9.17, 15) is 9.59 Å². The van der Waals surface area contributed by atoms with Crippen LogP contribution in [-0.2, 0) is 10.2 Å². The summed E-state index contributed by atoms with van der Waals surface area (Å²) >= 11 is 1.43. The van der Waals surface area contributed by atoms with Gasteiger partial charge in [-0.2, -0.15) is 0 Å². The van der Waals surface area contributed by atoms with Crippen molar-refractivity contribution in [3.05, 3.63) is 29.8 Å². The molecule has 0 spiro atoms. The van der Waals surface area contributed by atoms with Crippen LogP contribution in [0.2, 0.25) is 0 Å². The fourth-order valence-electron chi connectivity index (χ4n) is 1.79. The van der Waals surface area contributed by atoms with Gasteiger partial charge in [0.05, 0.1) is 5.75 Å². The largest absolute Gasteiger partial charge is 0.338 e. The van der Waals surface area contributed by atoms with Gasteiger partial charge in [-0.3, -0.25) is 10.1 Å². The van der Waals surface area contributed by atoms with E-state index in [1.165, 1.54) is 17.3 Å². The van der Waals surface area contributed by atoms with Gasteiger partial charge in [-0.1, -0.05) is 46.2 Å². The van der Waals surface area contributed by atoms with Crippen molar-refractivity contribution in [2.24, 2.45) is 0 Å². The Morgan fingerprint density at radius 1 is 1.14 bits per heavy atom. The Morgan fingerprint density at radius 3 is 2.32 bits per heavy atom. The summed E-state index contributed by atoms with van der Waals surface area (Å²) < 4.78 is 0. The van der Waals surface area contributed by atoms with Crippen molar-refractivity contribution in [3.8, 4) is 0 Å². The van der Waals surface area contributed by atoms with Crippen molar-refractivity contribution in [1.82, 2.24) is 10.6 Å². The second-order valence-electron chi connectivity index (χ2n) is 6.22. The Labute approximate surface area is 137 Å². The number of hydrogen-bond donors (Lipinski definition) is 2. The molecule has 3 amide bonds. The molecule has 0 aromatic heterocycles. The Hall–Kier alpha value is -1.49. The van der Waals surface area contributed by atoms with E-state index in [0.29, 0.717) is 6.54 Å². The summed E-state index contributed by atoms with van der Waals surface area (Å²) in [6, 6.07) is 7.77. The number of carbonyl (C=O) groups excluding carboxylic acids is 2. The van der Waals surface area contributed by atoms with E-state index in [4.69, 9.17) is 0 Å². The molecule has 0 atom stereocenters. The molecule has 122 valence electrons. The third-order valence-electron chi connectivity index (χ3n) is 3.16. The van der Waals surface area contributed by atoms with E-state index in [2.05, 4.69) is 43.5 Å². The molecule has 5 heteroatoms. The molecule has 0 aliphatic carbocycles. The van der Waals surface area contributed by atoms with Crippen LogP contribution in [-0.4, -0.2) is 24.2 Å².